The number of nitrogens with zero attached hydrogens (tertiary/aromatic N) is 1. The van der Waals surface area contributed by atoms with Crippen molar-refractivity contribution in [1.82, 2.24) is 0 Å². The summed E-state index contributed by atoms with van der Waals surface area (Å²) < 4.78 is 5.30. The molecular weight excluding hydrogens is 410 g/mol. The number of Topliss-reactive ketones (excluding diaryl/α,β-unsaturated/α-hetero) is 1. The van der Waals surface area contributed by atoms with Crippen molar-refractivity contribution in [2.75, 3.05) is 12.0 Å². The first-order valence-corrected chi connectivity index (χ1v) is 10.8. The lowest BCUT2D eigenvalue weighted by molar-refractivity contribution is -0.132. The van der Waals surface area contributed by atoms with E-state index in [1.165, 1.54) is 16.2 Å². The van der Waals surface area contributed by atoms with Crippen molar-refractivity contribution in [3.63, 3.8) is 0 Å². The topological polar surface area (TPSA) is 66.8 Å². The van der Waals surface area contributed by atoms with Crippen LogP contribution in [0.1, 0.15) is 33.2 Å². The van der Waals surface area contributed by atoms with Crippen molar-refractivity contribution in [3.8, 4) is 5.75 Å². The molecule has 1 unspecified atom stereocenters. The van der Waals surface area contributed by atoms with Gasteiger partial charge in [-0.3, -0.25) is 14.5 Å². The summed E-state index contributed by atoms with van der Waals surface area (Å²) in [4.78, 5) is 28.6. The second-order valence-corrected chi connectivity index (χ2v) is 8.60. The van der Waals surface area contributed by atoms with Crippen LogP contribution in [-0.2, 0) is 9.59 Å². The Kier molecular flexibility index (Phi) is 5.41. The Bertz CT molecular complexity index is 1210. The van der Waals surface area contributed by atoms with Crippen LogP contribution >= 0.6 is 11.3 Å². The minimum Gasteiger partial charge on any atom is -0.507 e. The van der Waals surface area contributed by atoms with Crippen molar-refractivity contribution in [1.29, 1.82) is 0 Å². The van der Waals surface area contributed by atoms with Crippen molar-refractivity contribution in [2.45, 2.75) is 26.8 Å². The second kappa shape index (κ2) is 8.04. The van der Waals surface area contributed by atoms with Gasteiger partial charge in [-0.1, -0.05) is 17.7 Å². The van der Waals surface area contributed by atoms with E-state index in [-0.39, 0.29) is 11.3 Å². The molecule has 31 heavy (non-hydrogen) atoms. The number of rotatable bonds is 4. The standard InChI is InChI=1S/C25H23NO4S/c1-14-5-8-18(9-6-14)26-21(24-15(2)11-12-31-24)20(23(28)25(26)29)22(27)17-7-10-19(30-4)16(3)13-17/h5-13,21,27H,1-4H3/b22-20-. The SMILES string of the molecule is COc1ccc(/C(O)=C2/C(=O)C(=O)N(c3ccc(C)cc3)C2c2sccc2C)cc1C. The quantitative estimate of drug-likeness (QED) is 0.344. The zero-order chi connectivity index (χ0) is 22.3. The molecule has 0 aliphatic carbocycles. The molecule has 1 amide bonds. The molecule has 1 aliphatic heterocycles. The number of hydrogen-bond acceptors (Lipinski definition) is 5. The molecule has 1 aliphatic rings. The summed E-state index contributed by atoms with van der Waals surface area (Å²) in [6.07, 6.45) is 0. The molecule has 158 valence electrons. The molecule has 3 aromatic rings. The number of carbonyl (C=O) groups is 2. The number of thiophene rings is 1. The fraction of sp³-hybridized carbons (Fsp3) is 0.200. The van der Waals surface area contributed by atoms with Gasteiger partial charge in [0.15, 0.2) is 0 Å². The third-order valence-corrected chi connectivity index (χ3v) is 6.65. The zero-order valence-corrected chi connectivity index (χ0v) is 18.6. The molecule has 0 saturated carbocycles. The second-order valence-electron chi connectivity index (χ2n) is 7.66. The van der Waals surface area contributed by atoms with E-state index in [0.29, 0.717) is 17.0 Å². The average molecular weight is 434 g/mol. The summed E-state index contributed by atoms with van der Waals surface area (Å²) >= 11 is 1.47. The highest BCUT2D eigenvalue weighted by molar-refractivity contribution is 7.10. The minimum absolute atomic E-state index is 0.0979. The number of amides is 1. The lowest BCUT2D eigenvalue weighted by Gasteiger charge is -2.25. The predicted molar refractivity (Wildman–Crippen MR) is 123 cm³/mol. The Morgan fingerprint density at radius 3 is 2.29 bits per heavy atom. The van der Waals surface area contributed by atoms with Crippen molar-refractivity contribution < 1.29 is 19.4 Å². The van der Waals surface area contributed by atoms with Crippen LogP contribution in [0.5, 0.6) is 5.75 Å². The fourth-order valence-electron chi connectivity index (χ4n) is 3.90. The zero-order valence-electron chi connectivity index (χ0n) is 17.8. The van der Waals surface area contributed by atoms with Gasteiger partial charge in [-0.25, -0.2) is 0 Å². The summed E-state index contributed by atoms with van der Waals surface area (Å²) in [7, 11) is 1.58. The van der Waals surface area contributed by atoms with Gasteiger partial charge in [-0.15, -0.1) is 11.3 Å². The Morgan fingerprint density at radius 1 is 1.00 bits per heavy atom. The summed E-state index contributed by atoms with van der Waals surface area (Å²) in [6.45, 7) is 5.77. The van der Waals surface area contributed by atoms with Crippen molar-refractivity contribution in [2.24, 2.45) is 0 Å². The lowest BCUT2D eigenvalue weighted by Crippen LogP contribution is -2.29. The Labute approximate surface area is 185 Å². The van der Waals surface area contributed by atoms with E-state index in [4.69, 9.17) is 4.74 Å². The van der Waals surface area contributed by atoms with Crippen LogP contribution in [0.3, 0.4) is 0 Å². The van der Waals surface area contributed by atoms with Gasteiger partial charge in [0.05, 0.1) is 12.7 Å². The van der Waals surface area contributed by atoms with E-state index in [1.807, 2.05) is 56.5 Å². The number of ether oxygens (including phenoxy) is 1. The first kappa shape index (κ1) is 20.9. The molecule has 1 saturated heterocycles. The maximum absolute atomic E-state index is 13.2. The van der Waals surface area contributed by atoms with Crippen LogP contribution in [0.25, 0.3) is 5.76 Å². The monoisotopic (exact) mass is 433 g/mol. The van der Waals surface area contributed by atoms with E-state index in [2.05, 4.69) is 0 Å². The number of aliphatic hydroxyl groups excluding tert-OH is 1. The van der Waals surface area contributed by atoms with Gasteiger partial charge in [0.25, 0.3) is 11.7 Å². The van der Waals surface area contributed by atoms with E-state index in [0.717, 1.165) is 21.6 Å². The highest BCUT2D eigenvalue weighted by Crippen LogP contribution is 2.45. The third kappa shape index (κ3) is 3.53. The maximum atomic E-state index is 13.2. The Hall–Kier alpha value is -3.38. The number of methoxy groups -OCH3 is 1. The number of aryl methyl sites for hydroxylation is 3. The van der Waals surface area contributed by atoms with E-state index in [9.17, 15) is 14.7 Å². The normalized spacial score (nSPS) is 17.9. The van der Waals surface area contributed by atoms with E-state index < -0.39 is 17.7 Å². The van der Waals surface area contributed by atoms with Gasteiger partial charge in [0, 0.05) is 16.1 Å². The largest absolute Gasteiger partial charge is 0.507 e. The number of aliphatic hydroxyl groups is 1. The van der Waals surface area contributed by atoms with Gasteiger partial charge in [0.1, 0.15) is 17.6 Å². The van der Waals surface area contributed by atoms with E-state index >= 15 is 0 Å². The highest BCUT2D eigenvalue weighted by atomic mass is 32.1. The maximum Gasteiger partial charge on any atom is 0.300 e. The summed E-state index contributed by atoms with van der Waals surface area (Å²) in [5.41, 5.74) is 4.03. The Morgan fingerprint density at radius 2 is 1.71 bits per heavy atom. The first-order valence-electron chi connectivity index (χ1n) is 9.90. The van der Waals surface area contributed by atoms with Gasteiger partial charge in [-0.05, 0) is 73.7 Å². The lowest BCUT2D eigenvalue weighted by atomic mass is 9.97. The molecule has 0 bridgehead atoms. The van der Waals surface area contributed by atoms with Crippen LogP contribution in [0, 0.1) is 20.8 Å². The van der Waals surface area contributed by atoms with Crippen LogP contribution < -0.4 is 9.64 Å². The number of benzene rings is 2. The molecule has 6 heteroatoms. The number of carbonyl (C=O) groups excluding carboxylic acids is 2. The molecule has 1 N–H and O–H groups in total. The molecule has 1 atom stereocenters. The van der Waals surface area contributed by atoms with Crippen molar-refractivity contribution >= 4 is 34.5 Å². The Balaban J connectivity index is 1.93. The fourth-order valence-corrected chi connectivity index (χ4v) is 4.92. The third-order valence-electron chi connectivity index (χ3n) is 5.57. The number of ketones is 1. The van der Waals surface area contributed by atoms with Gasteiger partial charge in [-0.2, -0.15) is 0 Å². The first-order chi connectivity index (χ1) is 14.8. The average Bonchev–Trinajstić information content (AvgIpc) is 3.29. The summed E-state index contributed by atoms with van der Waals surface area (Å²) in [6, 6.07) is 13.9. The predicted octanol–water partition coefficient (Wildman–Crippen LogP) is 5.31. The summed E-state index contributed by atoms with van der Waals surface area (Å²) in [5.74, 6) is -0.836. The van der Waals surface area contributed by atoms with Crippen LogP contribution in [0.15, 0.2) is 59.5 Å². The molecule has 0 radical (unpaired) electrons. The van der Waals surface area contributed by atoms with Gasteiger partial charge < -0.3 is 9.84 Å². The molecule has 2 heterocycles. The molecule has 2 aromatic carbocycles. The smallest absolute Gasteiger partial charge is 0.300 e. The molecule has 1 fully saturated rings. The van der Waals surface area contributed by atoms with Crippen molar-refractivity contribution in [3.05, 3.63) is 86.6 Å². The van der Waals surface area contributed by atoms with Crippen LogP contribution in [0.2, 0.25) is 0 Å². The highest BCUT2D eigenvalue weighted by Gasteiger charge is 2.47. The molecule has 1 aromatic heterocycles. The number of hydrogen-bond donors (Lipinski definition) is 1. The minimum atomic E-state index is -0.690. The molecular formula is C25H23NO4S. The van der Waals surface area contributed by atoms with Crippen LogP contribution in [-0.4, -0.2) is 23.9 Å². The van der Waals surface area contributed by atoms with Gasteiger partial charge in [0.2, 0.25) is 0 Å². The van der Waals surface area contributed by atoms with Crippen LogP contribution in [0.4, 0.5) is 5.69 Å². The van der Waals surface area contributed by atoms with Gasteiger partial charge >= 0.3 is 0 Å². The molecule has 4 rings (SSSR count). The molecule has 5 nitrogen and oxygen atoms in total. The summed E-state index contributed by atoms with van der Waals surface area (Å²) in [5, 5.41) is 13.1. The molecule has 0 spiro atoms. The number of anilines is 1. The van der Waals surface area contributed by atoms with E-state index in [1.54, 1.807) is 25.3 Å².